The maximum atomic E-state index is 13.1. The van der Waals surface area contributed by atoms with E-state index in [-0.39, 0.29) is 12.0 Å². The molecule has 0 aliphatic heterocycles. The van der Waals surface area contributed by atoms with Gasteiger partial charge in [-0.2, -0.15) is 0 Å². The summed E-state index contributed by atoms with van der Waals surface area (Å²) in [6, 6.07) is 0. The Morgan fingerprint density at radius 2 is 1.37 bits per heavy atom. The molecule has 0 heterocycles. The van der Waals surface area contributed by atoms with Crippen LogP contribution in [0.5, 0.6) is 0 Å². The second kappa shape index (κ2) is 19.0. The number of aliphatic hydroxyl groups is 1. The fourth-order valence-electron chi connectivity index (χ4n) is 11.8. The molecule has 4 saturated carbocycles. The lowest BCUT2D eigenvalue weighted by Gasteiger charge is -2.61. The van der Waals surface area contributed by atoms with Crippen LogP contribution in [-0.2, 0) is 4.79 Å². The first-order valence-electron chi connectivity index (χ1n) is 20.9. The lowest BCUT2D eigenvalue weighted by atomic mass is 9.44. The van der Waals surface area contributed by atoms with E-state index in [1.807, 2.05) is 0 Å². The molecule has 1 amide bonds. The van der Waals surface area contributed by atoms with E-state index in [0.717, 1.165) is 61.9 Å². The Morgan fingerprint density at radius 1 is 0.761 bits per heavy atom. The Morgan fingerprint density at radius 3 is 2.04 bits per heavy atom. The van der Waals surface area contributed by atoms with Crippen LogP contribution in [0.1, 0.15) is 182 Å². The molecule has 0 radical (unpaired) electrons. The van der Waals surface area contributed by atoms with E-state index in [1.165, 1.54) is 135 Å². The summed E-state index contributed by atoms with van der Waals surface area (Å²) in [5.74, 6) is 5.07. The van der Waals surface area contributed by atoms with Crippen LogP contribution < -0.4 is 5.32 Å². The van der Waals surface area contributed by atoms with Crippen LogP contribution in [0, 0.1) is 46.3 Å². The average molecular weight is 643 g/mol. The minimum absolute atomic E-state index is 0.0495. The van der Waals surface area contributed by atoms with Crippen molar-refractivity contribution in [2.75, 3.05) is 26.2 Å². The Kier molecular flexibility index (Phi) is 15.7. The predicted molar refractivity (Wildman–Crippen MR) is 196 cm³/mol. The van der Waals surface area contributed by atoms with Crippen molar-refractivity contribution in [1.29, 1.82) is 0 Å². The third-order valence-electron chi connectivity index (χ3n) is 14.6. The summed E-state index contributed by atoms with van der Waals surface area (Å²) in [6.45, 7) is 16.5. The number of fused-ring (bicyclic) bond motifs is 5. The van der Waals surface area contributed by atoms with E-state index >= 15 is 0 Å². The van der Waals surface area contributed by atoms with Gasteiger partial charge in [0.15, 0.2) is 0 Å². The summed E-state index contributed by atoms with van der Waals surface area (Å²) >= 11 is 0. The van der Waals surface area contributed by atoms with Gasteiger partial charge in [0.1, 0.15) is 0 Å². The molecule has 4 fully saturated rings. The highest BCUT2D eigenvalue weighted by Gasteiger charge is 2.60. The number of carbonyl (C=O) groups excluding carboxylic acids is 1. The van der Waals surface area contributed by atoms with Crippen LogP contribution in [0.3, 0.4) is 0 Å². The molecule has 0 aromatic carbocycles. The molecule has 4 heteroatoms. The van der Waals surface area contributed by atoms with Crippen molar-refractivity contribution in [1.82, 2.24) is 10.2 Å². The van der Waals surface area contributed by atoms with Gasteiger partial charge in [0.05, 0.1) is 6.10 Å². The van der Waals surface area contributed by atoms with Crippen molar-refractivity contribution in [3.63, 3.8) is 0 Å². The van der Waals surface area contributed by atoms with Gasteiger partial charge in [-0.05, 0) is 136 Å². The lowest BCUT2D eigenvalue weighted by Crippen LogP contribution is -2.54. The summed E-state index contributed by atoms with van der Waals surface area (Å²) in [7, 11) is 0. The average Bonchev–Trinajstić information content (AvgIpc) is 3.40. The van der Waals surface area contributed by atoms with Gasteiger partial charge in [-0.3, -0.25) is 4.79 Å². The van der Waals surface area contributed by atoms with Crippen LogP contribution >= 0.6 is 0 Å². The summed E-state index contributed by atoms with van der Waals surface area (Å²) in [4.78, 5) is 15.7. The molecule has 268 valence electrons. The first-order chi connectivity index (χ1) is 22.2. The molecule has 4 aliphatic rings. The zero-order valence-electron chi connectivity index (χ0n) is 31.4. The van der Waals surface area contributed by atoms with Gasteiger partial charge in [0, 0.05) is 19.5 Å². The van der Waals surface area contributed by atoms with E-state index < -0.39 is 0 Å². The van der Waals surface area contributed by atoms with Gasteiger partial charge in [-0.1, -0.05) is 98.8 Å². The molecule has 2 N–H and O–H groups in total. The van der Waals surface area contributed by atoms with Crippen LogP contribution in [0.15, 0.2) is 0 Å². The van der Waals surface area contributed by atoms with Crippen LogP contribution in [0.2, 0.25) is 0 Å². The van der Waals surface area contributed by atoms with Gasteiger partial charge in [-0.25, -0.2) is 0 Å². The van der Waals surface area contributed by atoms with Gasteiger partial charge in [0.25, 0.3) is 0 Å². The number of carbonyl (C=O) groups is 1. The minimum atomic E-state index is -0.0495. The maximum absolute atomic E-state index is 13.1. The summed E-state index contributed by atoms with van der Waals surface area (Å²) in [5.41, 5.74) is 0.923. The van der Waals surface area contributed by atoms with Crippen LogP contribution in [0.25, 0.3) is 0 Å². The largest absolute Gasteiger partial charge is 0.393 e. The van der Waals surface area contributed by atoms with Crippen molar-refractivity contribution < 1.29 is 9.90 Å². The zero-order chi connectivity index (χ0) is 33.0. The summed E-state index contributed by atoms with van der Waals surface area (Å²) in [5, 5.41) is 13.7. The van der Waals surface area contributed by atoms with E-state index in [4.69, 9.17) is 0 Å². The Labute approximate surface area is 286 Å². The van der Waals surface area contributed by atoms with Crippen molar-refractivity contribution in [2.24, 2.45) is 46.3 Å². The molecule has 0 spiro atoms. The number of hydrogen-bond donors (Lipinski definition) is 2. The molecule has 46 heavy (non-hydrogen) atoms. The minimum Gasteiger partial charge on any atom is -0.393 e. The van der Waals surface area contributed by atoms with E-state index in [9.17, 15) is 9.90 Å². The quantitative estimate of drug-likeness (QED) is 0.123. The van der Waals surface area contributed by atoms with Crippen molar-refractivity contribution >= 4 is 5.91 Å². The predicted octanol–water partition coefficient (Wildman–Crippen LogP) is 10.6. The van der Waals surface area contributed by atoms with Crippen LogP contribution in [0.4, 0.5) is 0 Å². The lowest BCUT2D eigenvalue weighted by molar-refractivity contribution is -0.129. The number of nitrogens with one attached hydrogen (secondary N) is 1. The van der Waals surface area contributed by atoms with Crippen molar-refractivity contribution in [2.45, 2.75) is 188 Å². The molecule has 4 aliphatic carbocycles. The number of aliphatic hydroxyl groups excluding tert-OH is 1. The molecular formula is C42H78N2O2. The molecule has 4 rings (SSSR count). The van der Waals surface area contributed by atoms with Gasteiger partial charge < -0.3 is 15.3 Å². The Bertz CT molecular complexity index is 862. The molecule has 0 bridgehead atoms. The molecule has 0 aromatic heterocycles. The number of nitrogens with zero attached hydrogens (tertiary/aromatic N) is 1. The maximum Gasteiger partial charge on any atom is 0.220 e. The molecule has 1 unspecified atom stereocenters. The van der Waals surface area contributed by atoms with E-state index in [0.29, 0.717) is 23.2 Å². The number of rotatable bonds is 21. The molecule has 0 aromatic rings. The number of amides is 1. The van der Waals surface area contributed by atoms with Crippen molar-refractivity contribution in [3.05, 3.63) is 0 Å². The Hall–Kier alpha value is -0.610. The highest BCUT2D eigenvalue weighted by molar-refractivity contribution is 5.75. The summed E-state index contributed by atoms with van der Waals surface area (Å²) < 4.78 is 0. The van der Waals surface area contributed by atoms with Gasteiger partial charge in [-0.15, -0.1) is 0 Å². The normalized spacial score (nSPS) is 34.6. The second-order valence-corrected chi connectivity index (χ2v) is 17.6. The third kappa shape index (κ3) is 9.98. The molecule has 0 saturated heterocycles. The second-order valence-electron chi connectivity index (χ2n) is 17.6. The first-order valence-corrected chi connectivity index (χ1v) is 20.9. The fourth-order valence-corrected chi connectivity index (χ4v) is 11.8. The van der Waals surface area contributed by atoms with Gasteiger partial charge >= 0.3 is 0 Å². The Balaban J connectivity index is 1.18. The van der Waals surface area contributed by atoms with E-state index in [2.05, 4.69) is 44.8 Å². The highest BCUT2D eigenvalue weighted by Crippen LogP contribution is 2.68. The highest BCUT2D eigenvalue weighted by atomic mass is 16.3. The molecular weight excluding hydrogens is 564 g/mol. The molecule has 9 atom stereocenters. The molecule has 4 nitrogen and oxygen atoms in total. The van der Waals surface area contributed by atoms with Crippen LogP contribution in [-0.4, -0.2) is 48.2 Å². The monoisotopic (exact) mass is 643 g/mol. The first kappa shape index (κ1) is 38.2. The smallest absolute Gasteiger partial charge is 0.220 e. The fraction of sp³-hybridized carbons (Fsp3) is 0.976. The van der Waals surface area contributed by atoms with Gasteiger partial charge in [0.2, 0.25) is 5.91 Å². The SMILES string of the molecule is CCCCCCCCN(CCCCCCCC)CCNC(=O)CC[C@@H](C)[C@H]1CC[C@H]2[C@@H]3CCC4C[C@H](O)CC[C@]4(C)[C@H]3CC[C@]12C. The van der Waals surface area contributed by atoms with Crippen molar-refractivity contribution in [3.8, 4) is 0 Å². The third-order valence-corrected chi connectivity index (χ3v) is 14.6. The van der Waals surface area contributed by atoms with E-state index in [1.54, 1.807) is 0 Å². The topological polar surface area (TPSA) is 52.6 Å². The summed E-state index contributed by atoms with van der Waals surface area (Å²) in [6.07, 6.45) is 29.5. The number of unbranched alkanes of at least 4 members (excludes halogenated alkanes) is 10. The number of hydrogen-bond acceptors (Lipinski definition) is 3. The zero-order valence-corrected chi connectivity index (χ0v) is 31.4. The standard InChI is InChI=1S/C42H78N2O2/c1-6-8-10-12-14-16-29-44(30-17-15-13-11-9-7-2)31-28-43-40(46)23-18-33(3)37-21-22-38-36-20-19-34-32-35(45)24-26-41(34,4)39(36)25-27-42(37,38)5/h33-39,45H,6-32H2,1-5H3,(H,43,46)/t33-,34?,35-,36+,37-,38+,39+,41+,42-/m1/s1.